The van der Waals surface area contributed by atoms with E-state index in [2.05, 4.69) is 134 Å². The maximum absolute atomic E-state index is 2.29. The van der Waals surface area contributed by atoms with Crippen LogP contribution in [0.3, 0.4) is 0 Å². The van der Waals surface area contributed by atoms with Gasteiger partial charge in [-0.15, -0.1) is 0 Å². The first kappa shape index (κ1) is 30.9. The SMILES string of the molecule is CC.CC.CC.CN(C)c1ccc([N+](=C2C=CC(=[N+](C)C)C=C2)c2ccc(N(C)C)cc2)cc1. The normalized spacial score (nSPS) is 11.2. The quantitative estimate of drug-likeness (QED) is 0.356. The lowest BCUT2D eigenvalue weighted by atomic mass is 10.1. The summed E-state index contributed by atoms with van der Waals surface area (Å²) < 4.78 is 4.41. The second-order valence-corrected chi connectivity index (χ2v) is 7.57. The van der Waals surface area contributed by atoms with Crippen molar-refractivity contribution in [2.24, 2.45) is 0 Å². The van der Waals surface area contributed by atoms with E-state index in [0.29, 0.717) is 0 Å². The van der Waals surface area contributed by atoms with E-state index in [1.54, 1.807) is 0 Å². The van der Waals surface area contributed by atoms with Gasteiger partial charge in [-0.1, -0.05) is 41.5 Å². The molecule has 0 bridgehead atoms. The summed E-state index contributed by atoms with van der Waals surface area (Å²) in [5, 5.41) is 0. The Kier molecular flexibility index (Phi) is 14.9. The maximum atomic E-state index is 2.29. The van der Waals surface area contributed by atoms with Crippen LogP contribution in [-0.2, 0) is 0 Å². The first-order valence-corrected chi connectivity index (χ1v) is 12.5. The Labute approximate surface area is 209 Å². The third kappa shape index (κ3) is 8.66. The van der Waals surface area contributed by atoms with E-state index in [1.165, 1.54) is 17.1 Å². The van der Waals surface area contributed by atoms with Gasteiger partial charge in [-0.25, -0.2) is 4.58 Å². The van der Waals surface area contributed by atoms with Crippen LogP contribution >= 0.6 is 0 Å². The van der Waals surface area contributed by atoms with E-state index in [1.807, 2.05) is 41.5 Å². The lowest BCUT2D eigenvalue weighted by Crippen LogP contribution is -2.19. The predicted octanol–water partition coefficient (Wildman–Crippen LogP) is 7.01. The lowest BCUT2D eigenvalue weighted by molar-refractivity contribution is -0.462. The van der Waals surface area contributed by atoms with Crippen LogP contribution in [0.5, 0.6) is 0 Å². The van der Waals surface area contributed by atoms with Crippen molar-refractivity contribution in [1.82, 2.24) is 4.58 Å². The fourth-order valence-corrected chi connectivity index (χ4v) is 3.15. The molecule has 1 aliphatic carbocycles. The molecule has 3 rings (SSSR count). The molecule has 0 amide bonds. The van der Waals surface area contributed by atoms with E-state index >= 15 is 0 Å². The molecule has 186 valence electrons. The second-order valence-electron chi connectivity index (χ2n) is 7.57. The standard InChI is InChI=1S/C24H30N4.3C2H6/c1-25(2)19-7-13-22(14-8-19)28(23-15-9-20(10-16-23)26(3)4)24-17-11-21(12-18-24)27(5)6;3*1-2/h7-18H,1-6H3;3*1-2H3/q+2;;;. The van der Waals surface area contributed by atoms with Gasteiger partial charge in [0.25, 0.3) is 0 Å². The molecule has 0 atom stereocenters. The van der Waals surface area contributed by atoms with Crippen LogP contribution in [0.4, 0.5) is 22.7 Å². The minimum atomic E-state index is 1.14. The van der Waals surface area contributed by atoms with Crippen LogP contribution < -0.4 is 14.4 Å². The number of hydrogen-bond donors (Lipinski definition) is 0. The molecule has 0 unspecified atom stereocenters. The highest BCUT2D eigenvalue weighted by Crippen LogP contribution is 2.26. The van der Waals surface area contributed by atoms with Gasteiger partial charge in [-0.3, -0.25) is 0 Å². The number of benzene rings is 2. The summed E-state index contributed by atoms with van der Waals surface area (Å²) in [6, 6.07) is 17.3. The average molecular weight is 465 g/mol. The van der Waals surface area contributed by atoms with Crippen LogP contribution in [0.25, 0.3) is 0 Å². The van der Waals surface area contributed by atoms with Crippen LogP contribution in [0.15, 0.2) is 72.8 Å². The summed E-state index contributed by atoms with van der Waals surface area (Å²) in [7, 11) is 12.4. The molecule has 0 spiro atoms. The summed E-state index contributed by atoms with van der Waals surface area (Å²) in [4.78, 5) is 4.23. The molecular formula is C30H48N4+2. The molecule has 4 nitrogen and oxygen atoms in total. The van der Waals surface area contributed by atoms with Crippen molar-refractivity contribution in [2.45, 2.75) is 41.5 Å². The van der Waals surface area contributed by atoms with Crippen molar-refractivity contribution in [3.05, 3.63) is 72.8 Å². The molecule has 2 aromatic carbocycles. The lowest BCUT2D eigenvalue weighted by Gasteiger charge is -2.14. The van der Waals surface area contributed by atoms with Crippen LogP contribution in [-0.4, -0.2) is 58.3 Å². The smallest absolute Gasteiger partial charge is 0.212 e. The molecule has 2 aromatic rings. The van der Waals surface area contributed by atoms with Gasteiger partial charge in [0.05, 0.1) is 0 Å². The number of nitrogens with zero attached hydrogens (tertiary/aromatic N) is 4. The van der Waals surface area contributed by atoms with Gasteiger partial charge in [-0.2, -0.15) is 4.58 Å². The number of hydrogen-bond acceptors (Lipinski definition) is 2. The second kappa shape index (κ2) is 16.5. The number of anilines is 2. The summed E-state index contributed by atoms with van der Waals surface area (Å²) >= 11 is 0. The van der Waals surface area contributed by atoms with E-state index in [4.69, 9.17) is 0 Å². The fourth-order valence-electron chi connectivity index (χ4n) is 3.15. The highest BCUT2D eigenvalue weighted by atomic mass is 15.1. The van der Waals surface area contributed by atoms with Crippen molar-refractivity contribution in [3.8, 4) is 0 Å². The Balaban J connectivity index is 0.00000168. The molecule has 4 heteroatoms. The molecule has 1 aliphatic rings. The minimum absolute atomic E-state index is 1.14. The van der Waals surface area contributed by atoms with Crippen LogP contribution in [0.2, 0.25) is 0 Å². The molecule has 0 saturated carbocycles. The van der Waals surface area contributed by atoms with Gasteiger partial charge in [0.15, 0.2) is 5.71 Å². The fraction of sp³-hybridized carbons (Fsp3) is 0.400. The zero-order valence-corrected chi connectivity index (χ0v) is 23.7. The Morgan fingerprint density at radius 1 is 0.471 bits per heavy atom. The highest BCUT2D eigenvalue weighted by molar-refractivity contribution is 6.18. The summed E-state index contributed by atoms with van der Waals surface area (Å²) in [6.07, 6.45) is 8.67. The Hall–Kier alpha value is -3.14. The van der Waals surface area contributed by atoms with Crippen molar-refractivity contribution in [3.63, 3.8) is 0 Å². The zero-order chi connectivity index (χ0) is 26.3. The molecule has 0 radical (unpaired) electrons. The van der Waals surface area contributed by atoms with Crippen molar-refractivity contribution < 1.29 is 4.58 Å². The topological polar surface area (TPSA) is 12.5 Å². The third-order valence-corrected chi connectivity index (χ3v) is 4.87. The molecule has 0 fully saturated rings. The molecule has 0 heterocycles. The Morgan fingerprint density at radius 3 is 1.03 bits per heavy atom. The maximum Gasteiger partial charge on any atom is 0.212 e. The van der Waals surface area contributed by atoms with Crippen molar-refractivity contribution in [1.29, 1.82) is 0 Å². The van der Waals surface area contributed by atoms with Crippen molar-refractivity contribution in [2.75, 3.05) is 52.1 Å². The molecule has 34 heavy (non-hydrogen) atoms. The Morgan fingerprint density at radius 2 is 0.765 bits per heavy atom. The van der Waals surface area contributed by atoms with E-state index in [-0.39, 0.29) is 0 Å². The monoisotopic (exact) mass is 464 g/mol. The van der Waals surface area contributed by atoms with Gasteiger partial charge in [0.2, 0.25) is 17.1 Å². The minimum Gasteiger partial charge on any atom is -0.378 e. The van der Waals surface area contributed by atoms with E-state index in [0.717, 1.165) is 17.1 Å². The summed E-state index contributed by atoms with van der Waals surface area (Å²) in [5.41, 5.74) is 6.99. The number of allylic oxidation sites excluding steroid dienone is 4. The van der Waals surface area contributed by atoms with Crippen LogP contribution in [0.1, 0.15) is 41.5 Å². The van der Waals surface area contributed by atoms with Gasteiger partial charge < -0.3 is 9.80 Å². The number of rotatable bonds is 4. The largest absolute Gasteiger partial charge is 0.378 e. The average Bonchev–Trinajstić information content (AvgIpc) is 2.89. The third-order valence-electron chi connectivity index (χ3n) is 4.87. The zero-order valence-electron chi connectivity index (χ0n) is 23.7. The van der Waals surface area contributed by atoms with Crippen LogP contribution in [0, 0.1) is 0 Å². The summed E-state index contributed by atoms with van der Waals surface area (Å²) in [6.45, 7) is 12.0. The molecule has 0 aromatic heterocycles. The predicted molar refractivity (Wildman–Crippen MR) is 157 cm³/mol. The Bertz CT molecular complexity index is 882. The molecular weight excluding hydrogens is 416 g/mol. The first-order chi connectivity index (χ1) is 16.4. The van der Waals surface area contributed by atoms with E-state index < -0.39 is 0 Å². The first-order valence-electron chi connectivity index (χ1n) is 12.5. The molecule has 0 saturated heterocycles. The van der Waals surface area contributed by atoms with E-state index in [9.17, 15) is 0 Å². The van der Waals surface area contributed by atoms with Gasteiger partial charge in [0.1, 0.15) is 14.1 Å². The van der Waals surface area contributed by atoms with Gasteiger partial charge in [0, 0.05) is 88.1 Å². The van der Waals surface area contributed by atoms with Gasteiger partial charge in [-0.05, 0) is 24.3 Å². The molecule has 0 aliphatic heterocycles. The highest BCUT2D eigenvalue weighted by Gasteiger charge is 2.20. The van der Waals surface area contributed by atoms with Gasteiger partial charge >= 0.3 is 0 Å². The van der Waals surface area contributed by atoms with Crippen molar-refractivity contribution >= 4 is 34.2 Å². The summed E-state index contributed by atoms with van der Waals surface area (Å²) in [5.74, 6) is 0. The molecule has 0 N–H and O–H groups in total.